The Morgan fingerprint density at radius 1 is 1.21 bits per heavy atom. The van der Waals surface area contributed by atoms with E-state index in [1.807, 2.05) is 23.7 Å². The molecule has 1 aromatic carbocycles. The highest BCUT2D eigenvalue weighted by atomic mass is 35.5. The normalized spacial score (nSPS) is 19.5. The van der Waals surface area contributed by atoms with Gasteiger partial charge in [-0.25, -0.2) is 19.2 Å². The monoisotopic (exact) mass is 554 g/mol. The molecule has 10 nitrogen and oxygen atoms in total. The first kappa shape index (κ1) is 25.4. The summed E-state index contributed by atoms with van der Waals surface area (Å²) in [6.45, 7) is 0.776. The minimum Gasteiger partial charge on any atom is -0.494 e. The van der Waals surface area contributed by atoms with Crippen LogP contribution in [0.15, 0.2) is 30.3 Å². The fourth-order valence-corrected chi connectivity index (χ4v) is 5.66. The van der Waals surface area contributed by atoms with Gasteiger partial charge in [-0.1, -0.05) is 11.6 Å². The van der Waals surface area contributed by atoms with Crippen molar-refractivity contribution in [1.29, 1.82) is 0 Å². The van der Waals surface area contributed by atoms with Crippen molar-refractivity contribution < 1.29 is 23.8 Å². The van der Waals surface area contributed by atoms with Gasteiger partial charge < -0.3 is 29.2 Å². The number of imidazole rings is 1. The third-order valence-electron chi connectivity index (χ3n) is 7.49. The largest absolute Gasteiger partial charge is 0.494 e. The van der Waals surface area contributed by atoms with Crippen molar-refractivity contribution in [3.8, 4) is 17.3 Å². The molecule has 2 aliphatic rings. The molecule has 2 N–H and O–H groups in total. The van der Waals surface area contributed by atoms with Crippen LogP contribution >= 0.6 is 11.6 Å². The molecule has 3 aromatic heterocycles. The number of nitrogens with zero attached hydrogens (tertiary/aromatic N) is 5. The number of piperidine rings is 1. The lowest BCUT2D eigenvalue weighted by Gasteiger charge is -2.34. The summed E-state index contributed by atoms with van der Waals surface area (Å²) in [5.74, 6) is 1.31. The van der Waals surface area contributed by atoms with Crippen LogP contribution in [0, 0.1) is 5.92 Å². The fourth-order valence-electron chi connectivity index (χ4n) is 5.52. The Labute approximate surface area is 228 Å². The molecular formula is C27H28ClFN6O4. The Hall–Kier alpha value is -3.86. The lowest BCUT2D eigenvalue weighted by atomic mass is 10.0. The number of benzene rings is 1. The molecule has 2 atom stereocenters. The molecule has 204 valence electrons. The average molecular weight is 555 g/mol. The number of aromatic nitrogens is 4. The van der Waals surface area contributed by atoms with Crippen molar-refractivity contribution in [1.82, 2.24) is 29.3 Å². The van der Waals surface area contributed by atoms with Crippen molar-refractivity contribution in [3.63, 3.8) is 0 Å². The standard InChI is InChI=1S/C27H28ClFN6O4/c1-33-23-19(31-25(33)20-8-15-5-6-22(28)32-24(15)35(20)11-14-3-4-14)7-16(9-21(23)39-2)26(36)34-12-17(29)10-18(13-34)30-27(37)38/h5-9,14,17-18,30H,3-4,10-13H2,1-2H3,(H,37,38)/t17-,18-/m1/s1. The molecule has 1 aliphatic carbocycles. The number of aryl methyl sites for hydroxylation is 1. The first-order valence-electron chi connectivity index (χ1n) is 12.8. The molecule has 0 spiro atoms. The minimum absolute atomic E-state index is 0.0248. The molecule has 6 rings (SSSR count). The number of hydrogen-bond donors (Lipinski definition) is 2. The van der Waals surface area contributed by atoms with E-state index in [1.54, 1.807) is 18.2 Å². The van der Waals surface area contributed by atoms with Crippen molar-refractivity contribution >= 4 is 45.7 Å². The third-order valence-corrected chi connectivity index (χ3v) is 7.70. The van der Waals surface area contributed by atoms with E-state index in [-0.39, 0.29) is 19.5 Å². The summed E-state index contributed by atoms with van der Waals surface area (Å²) in [6, 6.07) is 8.38. The van der Waals surface area contributed by atoms with Crippen LogP contribution in [-0.2, 0) is 13.6 Å². The molecule has 2 amide bonds. The number of carbonyl (C=O) groups is 2. The van der Waals surface area contributed by atoms with Gasteiger partial charge in [0.1, 0.15) is 28.2 Å². The van der Waals surface area contributed by atoms with Gasteiger partial charge in [-0.2, -0.15) is 0 Å². The van der Waals surface area contributed by atoms with Gasteiger partial charge in [0.15, 0.2) is 5.82 Å². The van der Waals surface area contributed by atoms with Gasteiger partial charge >= 0.3 is 6.09 Å². The van der Waals surface area contributed by atoms with E-state index in [0.717, 1.165) is 23.3 Å². The summed E-state index contributed by atoms with van der Waals surface area (Å²) >= 11 is 6.23. The van der Waals surface area contributed by atoms with Crippen molar-refractivity contribution in [3.05, 3.63) is 41.0 Å². The number of carboxylic acid groups (broad SMARTS) is 1. The zero-order valence-corrected chi connectivity index (χ0v) is 22.3. The number of rotatable bonds is 6. The van der Waals surface area contributed by atoms with Crippen molar-refractivity contribution in [2.24, 2.45) is 13.0 Å². The van der Waals surface area contributed by atoms with Gasteiger partial charge in [-0.05, 0) is 49.1 Å². The topological polar surface area (TPSA) is 115 Å². The summed E-state index contributed by atoms with van der Waals surface area (Å²) in [7, 11) is 3.42. The number of alkyl halides is 1. The van der Waals surface area contributed by atoms with E-state index in [9.17, 15) is 14.0 Å². The summed E-state index contributed by atoms with van der Waals surface area (Å²) in [5.41, 5.74) is 3.25. The average Bonchev–Trinajstić information content (AvgIpc) is 3.57. The second-order valence-electron chi connectivity index (χ2n) is 10.4. The first-order chi connectivity index (χ1) is 18.7. The summed E-state index contributed by atoms with van der Waals surface area (Å²) < 4.78 is 24.2. The molecule has 39 heavy (non-hydrogen) atoms. The molecular weight excluding hydrogens is 527 g/mol. The van der Waals surface area contributed by atoms with Gasteiger partial charge in [0.05, 0.1) is 30.9 Å². The highest BCUT2D eigenvalue weighted by molar-refractivity contribution is 6.29. The minimum atomic E-state index is -1.33. The van der Waals surface area contributed by atoms with Crippen molar-refractivity contribution in [2.45, 2.75) is 38.0 Å². The van der Waals surface area contributed by atoms with Crippen LogP contribution < -0.4 is 10.1 Å². The quantitative estimate of drug-likeness (QED) is 0.340. The van der Waals surface area contributed by atoms with Gasteiger partial charge in [0.25, 0.3) is 5.91 Å². The van der Waals surface area contributed by atoms with Crippen LogP contribution in [0.5, 0.6) is 5.75 Å². The molecule has 12 heteroatoms. The first-order valence-corrected chi connectivity index (χ1v) is 13.2. The molecule has 0 radical (unpaired) electrons. The van der Waals surface area contributed by atoms with Crippen molar-refractivity contribution in [2.75, 3.05) is 20.2 Å². The Balaban J connectivity index is 1.42. The SMILES string of the molecule is COc1cc(C(=O)N2C[C@H](F)C[C@@H](NC(=O)O)C2)cc2nc(-c3cc4ccc(Cl)nc4n3CC3CC3)n(C)c12. The second kappa shape index (κ2) is 9.71. The molecule has 0 unspecified atom stereocenters. The summed E-state index contributed by atoms with van der Waals surface area (Å²) in [4.78, 5) is 35.4. The van der Waals surface area contributed by atoms with E-state index >= 15 is 0 Å². The van der Waals surface area contributed by atoms with Gasteiger partial charge in [0.2, 0.25) is 0 Å². The summed E-state index contributed by atoms with van der Waals surface area (Å²) in [5, 5.41) is 12.7. The number of ether oxygens (including phenoxy) is 1. The second-order valence-corrected chi connectivity index (χ2v) is 10.7. The van der Waals surface area contributed by atoms with Crippen LogP contribution in [0.25, 0.3) is 33.6 Å². The fraction of sp³-hybridized carbons (Fsp3) is 0.407. The zero-order chi connectivity index (χ0) is 27.4. The zero-order valence-electron chi connectivity index (χ0n) is 21.5. The maximum absolute atomic E-state index is 14.4. The number of fused-ring (bicyclic) bond motifs is 2. The Morgan fingerprint density at radius 2 is 2.00 bits per heavy atom. The molecule has 1 saturated heterocycles. The van der Waals surface area contributed by atoms with Crippen LogP contribution in [0.4, 0.5) is 9.18 Å². The number of methoxy groups -OCH3 is 1. The highest BCUT2D eigenvalue weighted by Crippen LogP contribution is 2.38. The number of halogens is 2. The van der Waals surface area contributed by atoms with E-state index in [2.05, 4.69) is 14.9 Å². The predicted molar refractivity (Wildman–Crippen MR) is 144 cm³/mol. The van der Waals surface area contributed by atoms with E-state index in [0.29, 0.717) is 39.2 Å². The number of amides is 2. The third kappa shape index (κ3) is 4.75. The van der Waals surface area contributed by atoms with Crippen LogP contribution in [0.2, 0.25) is 5.15 Å². The van der Waals surface area contributed by atoms with Crippen LogP contribution in [-0.4, -0.2) is 73.5 Å². The van der Waals surface area contributed by atoms with E-state index in [4.69, 9.17) is 26.4 Å². The molecule has 1 saturated carbocycles. The number of hydrogen-bond acceptors (Lipinski definition) is 5. The smallest absolute Gasteiger partial charge is 0.404 e. The maximum atomic E-state index is 14.4. The summed E-state index contributed by atoms with van der Waals surface area (Å²) in [6.07, 6.45) is -0.220. The Kier molecular flexibility index (Phi) is 6.33. The number of carbonyl (C=O) groups excluding carboxylic acids is 1. The Morgan fingerprint density at radius 3 is 2.72 bits per heavy atom. The Bertz CT molecular complexity index is 1610. The van der Waals surface area contributed by atoms with E-state index in [1.165, 1.54) is 24.9 Å². The number of likely N-dealkylation sites (tertiary alicyclic amines) is 1. The number of nitrogens with one attached hydrogen (secondary N) is 1. The molecule has 4 heterocycles. The van der Waals surface area contributed by atoms with Crippen LogP contribution in [0.1, 0.15) is 29.6 Å². The molecule has 2 fully saturated rings. The molecule has 1 aliphatic heterocycles. The number of pyridine rings is 1. The molecule has 0 bridgehead atoms. The van der Waals surface area contributed by atoms with Gasteiger partial charge in [-0.3, -0.25) is 4.79 Å². The van der Waals surface area contributed by atoms with Gasteiger partial charge in [-0.15, -0.1) is 0 Å². The predicted octanol–water partition coefficient (Wildman–Crippen LogP) is 4.48. The van der Waals surface area contributed by atoms with Gasteiger partial charge in [0, 0.05) is 37.5 Å². The van der Waals surface area contributed by atoms with Crippen LogP contribution in [0.3, 0.4) is 0 Å². The lowest BCUT2D eigenvalue weighted by Crippen LogP contribution is -2.53. The molecule has 4 aromatic rings. The highest BCUT2D eigenvalue weighted by Gasteiger charge is 2.32. The van der Waals surface area contributed by atoms with E-state index < -0.39 is 24.2 Å². The maximum Gasteiger partial charge on any atom is 0.404 e. The lowest BCUT2D eigenvalue weighted by molar-refractivity contribution is 0.0577.